The molecular formula is C22H24N4O4. The number of fused-ring (bicyclic) bond motifs is 2. The minimum atomic E-state index is -0.642. The molecule has 0 aliphatic carbocycles. The first kappa shape index (κ1) is 17.9. The van der Waals surface area contributed by atoms with Crippen LogP contribution in [0.15, 0.2) is 36.4 Å². The zero-order valence-electron chi connectivity index (χ0n) is 16.8. The highest BCUT2D eigenvalue weighted by molar-refractivity contribution is 6.02. The molecular weight excluding hydrogens is 384 g/mol. The second kappa shape index (κ2) is 5.85. The number of hydrogen-bond acceptors (Lipinski definition) is 5. The highest BCUT2D eigenvalue weighted by atomic mass is 16.5. The van der Waals surface area contributed by atoms with Crippen molar-refractivity contribution in [3.63, 3.8) is 0 Å². The van der Waals surface area contributed by atoms with Gasteiger partial charge in [-0.1, -0.05) is 24.3 Å². The predicted octanol–water partition coefficient (Wildman–Crippen LogP) is 0.572. The van der Waals surface area contributed by atoms with Gasteiger partial charge in [-0.2, -0.15) is 0 Å². The fraction of sp³-hybridized carbons (Fsp3) is 0.500. The lowest BCUT2D eigenvalue weighted by molar-refractivity contribution is -0.144. The van der Waals surface area contributed by atoms with Crippen molar-refractivity contribution in [1.82, 2.24) is 15.1 Å². The molecule has 3 amide bonds. The Morgan fingerprint density at radius 1 is 1.17 bits per heavy atom. The average molecular weight is 408 g/mol. The Morgan fingerprint density at radius 3 is 2.73 bits per heavy atom. The summed E-state index contributed by atoms with van der Waals surface area (Å²) in [6.45, 7) is 1.54. The first-order chi connectivity index (χ1) is 14.4. The number of nitrogens with one attached hydrogen (secondary N) is 2. The van der Waals surface area contributed by atoms with Crippen molar-refractivity contribution in [3.05, 3.63) is 42.0 Å². The maximum atomic E-state index is 13.4. The fourth-order valence-corrected chi connectivity index (χ4v) is 5.91. The lowest BCUT2D eigenvalue weighted by Crippen LogP contribution is -2.63. The van der Waals surface area contributed by atoms with Crippen LogP contribution in [0.3, 0.4) is 0 Å². The van der Waals surface area contributed by atoms with Gasteiger partial charge in [-0.05, 0) is 12.1 Å². The molecule has 3 saturated heterocycles. The van der Waals surface area contributed by atoms with Gasteiger partial charge in [-0.3, -0.25) is 14.4 Å². The lowest BCUT2D eigenvalue weighted by atomic mass is 9.76. The average Bonchev–Trinajstić information content (AvgIpc) is 3.36. The van der Waals surface area contributed by atoms with Crippen LogP contribution in [-0.2, 0) is 14.3 Å². The van der Waals surface area contributed by atoms with Crippen molar-refractivity contribution in [1.29, 1.82) is 0 Å². The molecule has 3 fully saturated rings. The van der Waals surface area contributed by atoms with E-state index >= 15 is 0 Å². The third kappa shape index (κ3) is 2.28. The highest BCUT2D eigenvalue weighted by Gasteiger charge is 2.66. The van der Waals surface area contributed by atoms with Crippen LogP contribution in [0.5, 0.6) is 0 Å². The second-order valence-electron chi connectivity index (χ2n) is 9.13. The quantitative estimate of drug-likeness (QED) is 0.663. The molecule has 0 aromatic heterocycles. The van der Waals surface area contributed by atoms with Crippen molar-refractivity contribution >= 4 is 23.4 Å². The topological polar surface area (TPSA) is 91.0 Å². The number of anilines is 1. The lowest BCUT2D eigenvalue weighted by Gasteiger charge is -2.46. The number of benzene rings is 1. The van der Waals surface area contributed by atoms with E-state index in [4.69, 9.17) is 4.74 Å². The van der Waals surface area contributed by atoms with Gasteiger partial charge in [0, 0.05) is 38.7 Å². The van der Waals surface area contributed by atoms with E-state index in [-0.39, 0.29) is 23.8 Å². The van der Waals surface area contributed by atoms with Gasteiger partial charge in [-0.25, -0.2) is 0 Å². The number of hydrogen-bond donors (Lipinski definition) is 2. The number of piperidine rings is 1. The van der Waals surface area contributed by atoms with E-state index in [0.29, 0.717) is 38.0 Å². The molecule has 0 radical (unpaired) electrons. The molecule has 5 heterocycles. The van der Waals surface area contributed by atoms with Crippen molar-refractivity contribution in [3.8, 4) is 0 Å². The van der Waals surface area contributed by atoms with E-state index in [2.05, 4.69) is 10.6 Å². The van der Waals surface area contributed by atoms with Crippen LogP contribution in [0.4, 0.5) is 5.69 Å². The van der Waals surface area contributed by atoms with Gasteiger partial charge < -0.3 is 25.2 Å². The Labute approximate surface area is 174 Å². The van der Waals surface area contributed by atoms with Crippen molar-refractivity contribution < 1.29 is 19.1 Å². The summed E-state index contributed by atoms with van der Waals surface area (Å²) in [7, 11) is 1.77. The number of nitrogens with zero attached hydrogens (tertiary/aromatic N) is 2. The van der Waals surface area contributed by atoms with Crippen molar-refractivity contribution in [2.45, 2.75) is 30.2 Å². The number of carbonyl (C=O) groups excluding carboxylic acids is 3. The van der Waals surface area contributed by atoms with Gasteiger partial charge in [-0.15, -0.1) is 0 Å². The molecule has 4 atom stereocenters. The summed E-state index contributed by atoms with van der Waals surface area (Å²) in [6.07, 6.45) is 4.80. The molecule has 6 rings (SSSR count). The third-order valence-electron chi connectivity index (χ3n) is 7.40. The largest absolute Gasteiger partial charge is 0.362 e. The van der Waals surface area contributed by atoms with Gasteiger partial charge in [0.1, 0.15) is 11.3 Å². The van der Waals surface area contributed by atoms with Gasteiger partial charge in [0.25, 0.3) is 5.91 Å². The molecule has 8 nitrogen and oxygen atoms in total. The van der Waals surface area contributed by atoms with E-state index in [1.54, 1.807) is 18.0 Å². The van der Waals surface area contributed by atoms with E-state index in [1.807, 2.05) is 35.3 Å². The van der Waals surface area contributed by atoms with Crippen LogP contribution in [0.25, 0.3) is 0 Å². The Balaban J connectivity index is 1.19. The van der Waals surface area contributed by atoms with Gasteiger partial charge in [0.2, 0.25) is 11.8 Å². The molecule has 8 heteroatoms. The summed E-state index contributed by atoms with van der Waals surface area (Å²) in [4.78, 5) is 42.3. The Morgan fingerprint density at radius 2 is 1.93 bits per heavy atom. The molecule has 2 N–H and O–H groups in total. The Bertz CT molecular complexity index is 999. The summed E-state index contributed by atoms with van der Waals surface area (Å²) >= 11 is 0. The first-order valence-electron chi connectivity index (χ1n) is 10.5. The number of rotatable bonds is 1. The molecule has 2 spiro atoms. The summed E-state index contributed by atoms with van der Waals surface area (Å²) < 4.78 is 6.12. The van der Waals surface area contributed by atoms with E-state index in [9.17, 15) is 14.4 Å². The smallest absolute Gasteiger partial charge is 0.255 e. The minimum Gasteiger partial charge on any atom is -0.362 e. The minimum absolute atomic E-state index is 0.00787. The monoisotopic (exact) mass is 408 g/mol. The number of likely N-dealkylation sites (N-methyl/N-ethyl adjacent to an activating group) is 1. The van der Waals surface area contributed by atoms with Crippen LogP contribution in [0.1, 0.15) is 23.2 Å². The summed E-state index contributed by atoms with van der Waals surface area (Å²) in [5.41, 5.74) is 0.282. The number of para-hydroxylation sites is 1. The van der Waals surface area contributed by atoms with E-state index < -0.39 is 23.1 Å². The maximum absolute atomic E-state index is 13.4. The molecule has 2 bridgehead atoms. The third-order valence-corrected chi connectivity index (χ3v) is 7.40. The summed E-state index contributed by atoms with van der Waals surface area (Å²) in [5.74, 6) is -1.00. The van der Waals surface area contributed by atoms with Crippen LogP contribution < -0.4 is 10.6 Å². The van der Waals surface area contributed by atoms with E-state index in [0.717, 1.165) is 5.69 Å². The zero-order chi connectivity index (χ0) is 20.7. The number of carbonyl (C=O) groups is 3. The summed E-state index contributed by atoms with van der Waals surface area (Å²) in [5, 5.41) is 6.59. The highest BCUT2D eigenvalue weighted by Crippen LogP contribution is 2.52. The van der Waals surface area contributed by atoms with Gasteiger partial charge >= 0.3 is 0 Å². The molecule has 1 aromatic carbocycles. The summed E-state index contributed by atoms with van der Waals surface area (Å²) in [6, 6.07) is 7.47. The molecule has 5 aliphatic heterocycles. The predicted molar refractivity (Wildman–Crippen MR) is 107 cm³/mol. The molecule has 30 heavy (non-hydrogen) atoms. The Hall–Kier alpha value is -2.87. The number of ether oxygens (including phenoxy) is 1. The fourth-order valence-electron chi connectivity index (χ4n) is 5.91. The SMILES string of the molecule is CN1C[C@@]23C=C[C@@H](O2)[C@@H](C(=O)N2CCC4(CC2)NC(=O)c2ccccc2N4)[C@H]3C1=O. The normalized spacial score (nSPS) is 35.3. The molecule has 0 saturated carbocycles. The molecule has 1 aromatic rings. The molecule has 156 valence electrons. The standard InChI is InChI=1S/C22H24N4O4/c1-25-12-21-7-6-15(30-21)16(17(21)20(25)29)19(28)26-10-8-22(9-11-26)23-14-5-3-2-4-13(14)18(27)24-22/h2-7,15-17,23H,8-12H2,1H3,(H,24,27)/t15-,16-,17+,21-/m1/s1. The van der Waals surface area contributed by atoms with E-state index in [1.165, 1.54) is 0 Å². The van der Waals surface area contributed by atoms with Crippen LogP contribution in [0, 0.1) is 11.8 Å². The number of likely N-dealkylation sites (tertiary alicyclic amines) is 2. The van der Waals surface area contributed by atoms with Crippen molar-refractivity contribution in [2.75, 3.05) is 32.0 Å². The van der Waals surface area contributed by atoms with Crippen LogP contribution >= 0.6 is 0 Å². The molecule has 5 aliphatic rings. The second-order valence-corrected chi connectivity index (χ2v) is 9.13. The van der Waals surface area contributed by atoms with Gasteiger partial charge in [0.05, 0.1) is 30.0 Å². The van der Waals surface area contributed by atoms with Crippen LogP contribution in [-0.4, -0.2) is 71.6 Å². The maximum Gasteiger partial charge on any atom is 0.255 e. The van der Waals surface area contributed by atoms with Crippen molar-refractivity contribution in [2.24, 2.45) is 11.8 Å². The zero-order valence-corrected chi connectivity index (χ0v) is 16.8. The molecule has 0 unspecified atom stereocenters. The first-order valence-corrected chi connectivity index (χ1v) is 10.5. The Kier molecular flexibility index (Phi) is 3.50. The van der Waals surface area contributed by atoms with Crippen LogP contribution in [0.2, 0.25) is 0 Å². The van der Waals surface area contributed by atoms with Gasteiger partial charge in [0.15, 0.2) is 0 Å². The number of amides is 3.